The monoisotopic (exact) mass is 416 g/mol. The molecule has 0 saturated heterocycles. The first-order valence-corrected chi connectivity index (χ1v) is 10.8. The highest BCUT2D eigenvalue weighted by atomic mass is 16.2. The Bertz CT molecular complexity index is 1070. The highest BCUT2D eigenvalue weighted by Crippen LogP contribution is 2.31. The number of aromatic nitrogens is 4. The molecule has 2 aromatic carbocycles. The lowest BCUT2D eigenvalue weighted by Crippen LogP contribution is -2.49. The maximum absolute atomic E-state index is 13.1. The molecular weight excluding hydrogens is 388 g/mol. The second-order valence-electron chi connectivity index (χ2n) is 8.59. The molecule has 0 atom stereocenters. The van der Waals surface area contributed by atoms with Gasteiger partial charge in [0.1, 0.15) is 5.84 Å². The van der Waals surface area contributed by atoms with E-state index in [9.17, 15) is 4.79 Å². The van der Waals surface area contributed by atoms with E-state index in [1.54, 1.807) is 0 Å². The summed E-state index contributed by atoms with van der Waals surface area (Å²) < 4.78 is 0. The van der Waals surface area contributed by atoms with Gasteiger partial charge < -0.3 is 0 Å². The summed E-state index contributed by atoms with van der Waals surface area (Å²) in [6.07, 6.45) is 2.96. The standard InChI is InChI=1S/C24H28N6O/c1-4-5-10-21-25-16-24(2,3)23(31)30(21)15-17-11-13-18(14-12-17)19-8-6-7-9-20(19)22-26-28-29-27-22/h6-9,11-14H,4-5,10,15-16H2,1-3H3,(H,26,27,28,29). The third-order valence-corrected chi connectivity index (χ3v) is 5.67. The van der Waals surface area contributed by atoms with Crippen molar-refractivity contribution in [3.05, 3.63) is 54.1 Å². The number of tetrazole rings is 1. The van der Waals surface area contributed by atoms with Crippen molar-refractivity contribution in [3.8, 4) is 22.5 Å². The highest BCUT2D eigenvalue weighted by Gasteiger charge is 2.37. The Balaban J connectivity index is 1.58. The Morgan fingerprint density at radius 1 is 1.06 bits per heavy atom. The fourth-order valence-electron chi connectivity index (χ4n) is 3.81. The predicted octanol–water partition coefficient (Wildman–Crippen LogP) is 4.49. The Hall–Kier alpha value is -3.35. The number of hydrogen-bond donors (Lipinski definition) is 1. The van der Waals surface area contributed by atoms with Gasteiger partial charge in [0, 0.05) is 12.0 Å². The minimum absolute atomic E-state index is 0.153. The summed E-state index contributed by atoms with van der Waals surface area (Å²) >= 11 is 0. The number of unbranched alkanes of at least 4 members (excludes halogenated alkanes) is 1. The van der Waals surface area contributed by atoms with Crippen molar-refractivity contribution >= 4 is 11.7 Å². The molecule has 4 rings (SSSR count). The van der Waals surface area contributed by atoms with E-state index in [4.69, 9.17) is 4.99 Å². The van der Waals surface area contributed by atoms with Gasteiger partial charge in [0.25, 0.3) is 0 Å². The van der Waals surface area contributed by atoms with Gasteiger partial charge in [-0.2, -0.15) is 5.21 Å². The van der Waals surface area contributed by atoms with Crippen LogP contribution < -0.4 is 0 Å². The summed E-state index contributed by atoms with van der Waals surface area (Å²) in [6.45, 7) is 7.20. The van der Waals surface area contributed by atoms with Gasteiger partial charge >= 0.3 is 0 Å². The zero-order valence-electron chi connectivity index (χ0n) is 18.3. The first-order chi connectivity index (χ1) is 15.0. The topological polar surface area (TPSA) is 87.1 Å². The molecule has 0 bridgehead atoms. The SMILES string of the molecule is CCCCC1=NCC(C)(C)C(=O)N1Cc1ccc(-c2ccccc2-c2nn[nH]n2)cc1. The lowest BCUT2D eigenvalue weighted by Gasteiger charge is -2.36. The third-order valence-electron chi connectivity index (χ3n) is 5.67. The smallest absolute Gasteiger partial charge is 0.235 e. The van der Waals surface area contributed by atoms with Gasteiger partial charge in [-0.3, -0.25) is 14.7 Å². The molecule has 1 aromatic heterocycles. The van der Waals surface area contributed by atoms with Crippen LogP contribution in [0.15, 0.2) is 53.5 Å². The minimum Gasteiger partial charge on any atom is -0.296 e. The van der Waals surface area contributed by atoms with E-state index in [1.807, 2.05) is 43.0 Å². The molecule has 160 valence electrons. The van der Waals surface area contributed by atoms with Crippen LogP contribution in [0.25, 0.3) is 22.5 Å². The summed E-state index contributed by atoms with van der Waals surface area (Å²) in [5.74, 6) is 1.63. The molecule has 1 aliphatic heterocycles. The number of hydrogen-bond acceptors (Lipinski definition) is 5. The molecule has 0 fully saturated rings. The van der Waals surface area contributed by atoms with Crippen molar-refractivity contribution in [2.75, 3.05) is 6.54 Å². The lowest BCUT2D eigenvalue weighted by atomic mass is 9.89. The summed E-state index contributed by atoms with van der Waals surface area (Å²) in [4.78, 5) is 19.7. The number of aliphatic imine (C=N–C) groups is 1. The molecule has 0 aliphatic carbocycles. The van der Waals surface area contributed by atoms with Crippen molar-refractivity contribution in [2.24, 2.45) is 10.4 Å². The van der Waals surface area contributed by atoms with Crippen molar-refractivity contribution in [3.63, 3.8) is 0 Å². The average Bonchev–Trinajstić information content (AvgIpc) is 3.32. The Kier molecular flexibility index (Phi) is 5.93. The fourth-order valence-corrected chi connectivity index (χ4v) is 3.81. The summed E-state index contributed by atoms with van der Waals surface area (Å²) in [5, 5.41) is 14.4. The molecule has 1 N–H and O–H groups in total. The molecule has 0 spiro atoms. The van der Waals surface area contributed by atoms with Crippen LogP contribution in [0.4, 0.5) is 0 Å². The van der Waals surface area contributed by atoms with Crippen LogP contribution in [0.2, 0.25) is 0 Å². The van der Waals surface area contributed by atoms with Crippen LogP contribution >= 0.6 is 0 Å². The van der Waals surface area contributed by atoms with E-state index in [0.29, 0.717) is 18.9 Å². The van der Waals surface area contributed by atoms with Gasteiger partial charge in [-0.25, -0.2) is 0 Å². The second kappa shape index (κ2) is 8.79. The molecule has 7 nitrogen and oxygen atoms in total. The van der Waals surface area contributed by atoms with E-state index in [-0.39, 0.29) is 5.91 Å². The molecule has 3 aromatic rings. The van der Waals surface area contributed by atoms with Crippen molar-refractivity contribution < 1.29 is 4.79 Å². The maximum atomic E-state index is 13.1. The zero-order chi connectivity index (χ0) is 21.8. The number of nitrogens with one attached hydrogen (secondary N) is 1. The van der Waals surface area contributed by atoms with Crippen LogP contribution in [-0.4, -0.2) is 43.8 Å². The molecule has 31 heavy (non-hydrogen) atoms. The number of amides is 1. The number of aromatic amines is 1. The van der Waals surface area contributed by atoms with Gasteiger partial charge in [-0.05, 0) is 42.2 Å². The average molecular weight is 417 g/mol. The number of nitrogens with zero attached hydrogens (tertiary/aromatic N) is 5. The Morgan fingerprint density at radius 3 is 2.48 bits per heavy atom. The van der Waals surface area contributed by atoms with Gasteiger partial charge in [-0.15, -0.1) is 10.2 Å². The molecule has 7 heteroatoms. The molecule has 0 radical (unpaired) electrons. The number of H-pyrrole nitrogens is 1. The molecule has 2 heterocycles. The normalized spacial score (nSPS) is 15.8. The van der Waals surface area contributed by atoms with Gasteiger partial charge in [0.05, 0.1) is 18.5 Å². The predicted molar refractivity (Wildman–Crippen MR) is 121 cm³/mol. The van der Waals surface area contributed by atoms with Crippen LogP contribution in [0.5, 0.6) is 0 Å². The number of rotatable bonds is 7. The van der Waals surface area contributed by atoms with E-state index in [1.165, 1.54) is 0 Å². The molecule has 1 amide bonds. The molecular formula is C24H28N6O. The van der Waals surface area contributed by atoms with E-state index in [0.717, 1.165) is 47.4 Å². The third kappa shape index (κ3) is 4.40. The van der Waals surface area contributed by atoms with Gasteiger partial charge in [0.15, 0.2) is 0 Å². The summed E-state index contributed by atoms with van der Waals surface area (Å²) in [6, 6.07) is 16.3. The minimum atomic E-state index is -0.459. The van der Waals surface area contributed by atoms with E-state index >= 15 is 0 Å². The van der Waals surface area contributed by atoms with Crippen molar-refractivity contribution in [2.45, 2.75) is 46.6 Å². The highest BCUT2D eigenvalue weighted by molar-refractivity contribution is 6.02. The second-order valence-corrected chi connectivity index (χ2v) is 8.59. The van der Waals surface area contributed by atoms with E-state index < -0.39 is 5.41 Å². The zero-order valence-corrected chi connectivity index (χ0v) is 18.3. The van der Waals surface area contributed by atoms with Crippen LogP contribution in [0, 0.1) is 5.41 Å². The molecule has 0 unspecified atom stereocenters. The summed E-state index contributed by atoms with van der Waals surface area (Å²) in [7, 11) is 0. The van der Waals surface area contributed by atoms with Crippen LogP contribution in [-0.2, 0) is 11.3 Å². The first kappa shape index (κ1) is 20.9. The fraction of sp³-hybridized carbons (Fsp3) is 0.375. The van der Waals surface area contributed by atoms with E-state index in [2.05, 4.69) is 51.8 Å². The largest absolute Gasteiger partial charge is 0.296 e. The van der Waals surface area contributed by atoms with Crippen molar-refractivity contribution in [1.29, 1.82) is 0 Å². The number of carbonyl (C=O) groups is 1. The Morgan fingerprint density at radius 2 is 1.81 bits per heavy atom. The molecule has 1 aliphatic rings. The van der Waals surface area contributed by atoms with Gasteiger partial charge in [0.2, 0.25) is 11.7 Å². The quantitative estimate of drug-likeness (QED) is 0.615. The number of amidine groups is 1. The van der Waals surface area contributed by atoms with Gasteiger partial charge in [-0.1, -0.05) is 61.9 Å². The van der Waals surface area contributed by atoms with Crippen LogP contribution in [0.1, 0.15) is 45.6 Å². The van der Waals surface area contributed by atoms with Crippen molar-refractivity contribution in [1.82, 2.24) is 25.5 Å². The molecule has 0 saturated carbocycles. The number of benzene rings is 2. The lowest BCUT2D eigenvalue weighted by molar-refractivity contribution is -0.137. The van der Waals surface area contributed by atoms with Crippen LogP contribution in [0.3, 0.4) is 0 Å². The maximum Gasteiger partial charge on any atom is 0.235 e. The number of carbonyl (C=O) groups excluding carboxylic acids is 1. The Labute approximate surface area is 182 Å². The first-order valence-electron chi connectivity index (χ1n) is 10.8. The summed E-state index contributed by atoms with van der Waals surface area (Å²) in [5.41, 5.74) is 3.64.